The Labute approximate surface area is 123 Å². The number of fused-ring (bicyclic) bond motifs is 1. The van der Waals surface area contributed by atoms with Gasteiger partial charge in [0.1, 0.15) is 17.7 Å². The highest BCUT2D eigenvalue weighted by Gasteiger charge is 2.29. The maximum Gasteiger partial charge on any atom is 0.135 e. The molecule has 1 aromatic heterocycles. The second kappa shape index (κ2) is 5.23. The van der Waals surface area contributed by atoms with Crippen molar-refractivity contribution in [2.24, 2.45) is 0 Å². The molecule has 0 saturated heterocycles. The third kappa shape index (κ3) is 2.55. The summed E-state index contributed by atoms with van der Waals surface area (Å²) in [5.74, 6) is 0.543. The molecule has 1 aliphatic heterocycles. The van der Waals surface area contributed by atoms with Crippen LogP contribution in [0.25, 0.3) is 0 Å². The van der Waals surface area contributed by atoms with E-state index in [1.807, 2.05) is 12.4 Å². The molecule has 0 aliphatic carbocycles. The highest BCUT2D eigenvalue weighted by atomic mass is 79.9. The van der Waals surface area contributed by atoms with Crippen LogP contribution >= 0.6 is 27.3 Å². The molecule has 2 atom stereocenters. The minimum atomic E-state index is -0.222. The molecule has 0 saturated carbocycles. The van der Waals surface area contributed by atoms with Crippen molar-refractivity contribution < 1.29 is 9.13 Å². The van der Waals surface area contributed by atoms with Gasteiger partial charge in [-0.3, -0.25) is 0 Å². The Morgan fingerprint density at radius 1 is 1.42 bits per heavy atom. The van der Waals surface area contributed by atoms with Gasteiger partial charge < -0.3 is 10.1 Å². The van der Waals surface area contributed by atoms with Gasteiger partial charge in [-0.05, 0) is 47.2 Å². The molecular weight excluding hydrogens is 329 g/mol. The van der Waals surface area contributed by atoms with E-state index in [1.165, 1.54) is 10.9 Å². The second-order valence-corrected chi connectivity index (χ2v) is 6.39. The van der Waals surface area contributed by atoms with E-state index in [9.17, 15) is 4.39 Å². The van der Waals surface area contributed by atoms with Crippen molar-refractivity contribution in [2.75, 3.05) is 7.05 Å². The van der Waals surface area contributed by atoms with Gasteiger partial charge in [-0.15, -0.1) is 11.3 Å². The summed E-state index contributed by atoms with van der Waals surface area (Å²) in [6.07, 6.45) is 0.826. The lowest BCUT2D eigenvalue weighted by Gasteiger charge is -2.31. The van der Waals surface area contributed by atoms with Gasteiger partial charge in [-0.2, -0.15) is 0 Å². The number of ether oxygens (including phenoxy) is 1. The summed E-state index contributed by atoms with van der Waals surface area (Å²) in [5.41, 5.74) is 0.898. The van der Waals surface area contributed by atoms with Crippen LogP contribution in [-0.2, 0) is 0 Å². The molecule has 0 spiro atoms. The van der Waals surface area contributed by atoms with E-state index >= 15 is 0 Å². The fourth-order valence-electron chi connectivity index (χ4n) is 2.39. The summed E-state index contributed by atoms with van der Waals surface area (Å²) in [6, 6.07) is 6.90. The zero-order valence-electron chi connectivity index (χ0n) is 10.3. The molecule has 5 heteroatoms. The number of halogens is 2. The SMILES string of the molecule is CNC1CC(c2cc(Br)cs2)Oc2ccc(F)cc21. The monoisotopic (exact) mass is 341 g/mol. The van der Waals surface area contributed by atoms with Crippen molar-refractivity contribution in [3.8, 4) is 5.75 Å². The van der Waals surface area contributed by atoms with Crippen LogP contribution in [0.3, 0.4) is 0 Å². The Morgan fingerprint density at radius 2 is 2.26 bits per heavy atom. The molecule has 2 unspecified atom stereocenters. The third-order valence-electron chi connectivity index (χ3n) is 3.32. The average Bonchev–Trinajstić information content (AvgIpc) is 2.84. The quantitative estimate of drug-likeness (QED) is 0.872. The molecule has 100 valence electrons. The topological polar surface area (TPSA) is 21.3 Å². The number of thiophene rings is 1. The molecular formula is C14H13BrFNOS. The predicted molar refractivity (Wildman–Crippen MR) is 78.2 cm³/mol. The van der Waals surface area contributed by atoms with Crippen LogP contribution in [0.1, 0.15) is 29.0 Å². The molecule has 2 nitrogen and oxygen atoms in total. The van der Waals surface area contributed by atoms with E-state index in [4.69, 9.17) is 4.74 Å². The largest absolute Gasteiger partial charge is 0.484 e. The summed E-state index contributed by atoms with van der Waals surface area (Å²) in [4.78, 5) is 1.18. The lowest BCUT2D eigenvalue weighted by molar-refractivity contribution is 0.156. The van der Waals surface area contributed by atoms with E-state index in [2.05, 4.69) is 27.3 Å². The van der Waals surface area contributed by atoms with Crippen molar-refractivity contribution in [1.29, 1.82) is 0 Å². The molecule has 19 heavy (non-hydrogen) atoms. The number of nitrogens with one attached hydrogen (secondary N) is 1. The number of hydrogen-bond donors (Lipinski definition) is 1. The first-order valence-electron chi connectivity index (χ1n) is 6.04. The van der Waals surface area contributed by atoms with Crippen molar-refractivity contribution in [3.05, 3.63) is 50.4 Å². The Bertz CT molecular complexity index is 601. The van der Waals surface area contributed by atoms with Gasteiger partial charge in [0, 0.05) is 32.8 Å². The number of rotatable bonds is 2. The fourth-order valence-corrected chi connectivity index (χ4v) is 3.87. The van der Waals surface area contributed by atoms with Gasteiger partial charge in [0.25, 0.3) is 0 Å². The van der Waals surface area contributed by atoms with Crippen LogP contribution in [0, 0.1) is 5.82 Å². The molecule has 2 heterocycles. The molecule has 1 aliphatic rings. The predicted octanol–water partition coefficient (Wildman–Crippen LogP) is 4.43. The van der Waals surface area contributed by atoms with Gasteiger partial charge in [0.2, 0.25) is 0 Å². The minimum Gasteiger partial charge on any atom is -0.484 e. The van der Waals surface area contributed by atoms with Crippen molar-refractivity contribution >= 4 is 27.3 Å². The first-order valence-corrected chi connectivity index (χ1v) is 7.72. The van der Waals surface area contributed by atoms with Crippen LogP contribution in [0.2, 0.25) is 0 Å². The van der Waals surface area contributed by atoms with Gasteiger partial charge in [0.15, 0.2) is 0 Å². The maximum atomic E-state index is 13.3. The highest BCUT2D eigenvalue weighted by Crippen LogP contribution is 2.42. The maximum absolute atomic E-state index is 13.3. The zero-order valence-corrected chi connectivity index (χ0v) is 12.7. The van der Waals surface area contributed by atoms with E-state index in [-0.39, 0.29) is 18.0 Å². The fraction of sp³-hybridized carbons (Fsp3) is 0.286. The third-order valence-corrected chi connectivity index (χ3v) is 5.11. The molecule has 0 bridgehead atoms. The lowest BCUT2D eigenvalue weighted by Crippen LogP contribution is -2.26. The van der Waals surface area contributed by atoms with Crippen molar-refractivity contribution in [1.82, 2.24) is 5.32 Å². The zero-order chi connectivity index (χ0) is 13.4. The van der Waals surface area contributed by atoms with Gasteiger partial charge in [-0.1, -0.05) is 0 Å². The molecule has 1 aromatic carbocycles. The first-order chi connectivity index (χ1) is 9.17. The van der Waals surface area contributed by atoms with E-state index in [0.717, 1.165) is 22.2 Å². The van der Waals surface area contributed by atoms with Crippen LogP contribution in [0.5, 0.6) is 5.75 Å². The van der Waals surface area contributed by atoms with Crippen LogP contribution < -0.4 is 10.1 Å². The van der Waals surface area contributed by atoms with Crippen LogP contribution in [0.4, 0.5) is 4.39 Å². The molecule has 0 amide bonds. The minimum absolute atomic E-state index is 0.0201. The van der Waals surface area contributed by atoms with Gasteiger partial charge in [-0.25, -0.2) is 4.39 Å². The van der Waals surface area contributed by atoms with E-state index < -0.39 is 0 Å². The first kappa shape index (κ1) is 13.1. The normalized spacial score (nSPS) is 21.8. The number of hydrogen-bond acceptors (Lipinski definition) is 3. The second-order valence-electron chi connectivity index (χ2n) is 4.53. The summed E-state index contributed by atoms with van der Waals surface area (Å²) in [7, 11) is 1.89. The van der Waals surface area contributed by atoms with Gasteiger partial charge >= 0.3 is 0 Å². The van der Waals surface area contributed by atoms with E-state index in [1.54, 1.807) is 23.5 Å². The summed E-state index contributed by atoms with van der Waals surface area (Å²) >= 11 is 5.13. The van der Waals surface area contributed by atoms with E-state index in [0.29, 0.717) is 0 Å². The summed E-state index contributed by atoms with van der Waals surface area (Å²) in [6.45, 7) is 0. The molecule has 0 fully saturated rings. The Kier molecular flexibility index (Phi) is 3.60. The average molecular weight is 342 g/mol. The van der Waals surface area contributed by atoms with Crippen molar-refractivity contribution in [2.45, 2.75) is 18.6 Å². The van der Waals surface area contributed by atoms with Crippen molar-refractivity contribution in [3.63, 3.8) is 0 Å². The molecule has 2 aromatic rings. The summed E-state index contributed by atoms with van der Waals surface area (Å²) < 4.78 is 20.4. The molecule has 3 rings (SSSR count). The highest BCUT2D eigenvalue weighted by molar-refractivity contribution is 9.10. The molecule has 0 radical (unpaired) electrons. The Balaban J connectivity index is 1.95. The van der Waals surface area contributed by atoms with Crippen LogP contribution in [-0.4, -0.2) is 7.05 Å². The van der Waals surface area contributed by atoms with Gasteiger partial charge in [0.05, 0.1) is 0 Å². The standard InChI is InChI=1S/C14H13BrFNOS/c1-17-11-6-13(14-4-8(15)7-19-14)18-12-3-2-9(16)5-10(11)12/h2-5,7,11,13,17H,6H2,1H3. The summed E-state index contributed by atoms with van der Waals surface area (Å²) in [5, 5.41) is 5.29. The number of benzene rings is 1. The van der Waals surface area contributed by atoms with Crippen LogP contribution in [0.15, 0.2) is 34.1 Å². The lowest BCUT2D eigenvalue weighted by atomic mass is 9.96. The Hall–Kier alpha value is -0.910. The Morgan fingerprint density at radius 3 is 2.95 bits per heavy atom. The smallest absolute Gasteiger partial charge is 0.135 e. The molecule has 1 N–H and O–H groups in total.